The highest BCUT2D eigenvalue weighted by atomic mass is 32.2. The number of sulfone groups is 1. The van der Waals surface area contributed by atoms with E-state index in [4.69, 9.17) is 0 Å². The lowest BCUT2D eigenvalue weighted by Crippen LogP contribution is -2.07. The van der Waals surface area contributed by atoms with Gasteiger partial charge in [-0.15, -0.1) is 0 Å². The maximum absolute atomic E-state index is 14.3. The number of nitrogens with zero attached hydrogens (tertiary/aromatic N) is 1. The predicted molar refractivity (Wildman–Crippen MR) is 97.9 cm³/mol. The topological polar surface area (TPSA) is 47.0 Å². The van der Waals surface area contributed by atoms with Crippen molar-refractivity contribution in [2.24, 2.45) is 0 Å². The van der Waals surface area contributed by atoms with Gasteiger partial charge >= 0.3 is 6.18 Å². The number of aromatic nitrogens is 1. The predicted octanol–water partition coefficient (Wildman–Crippen LogP) is 5.29. The molecule has 0 N–H and O–H groups in total. The van der Waals surface area contributed by atoms with Gasteiger partial charge in [0, 0.05) is 23.6 Å². The Labute approximate surface area is 159 Å². The van der Waals surface area contributed by atoms with Crippen LogP contribution in [0.5, 0.6) is 0 Å². The van der Waals surface area contributed by atoms with Crippen molar-refractivity contribution in [3.05, 3.63) is 71.7 Å². The van der Waals surface area contributed by atoms with Crippen LogP contribution in [-0.4, -0.2) is 19.7 Å². The van der Waals surface area contributed by atoms with E-state index in [0.717, 1.165) is 24.5 Å². The molecule has 0 unspecified atom stereocenters. The van der Waals surface area contributed by atoms with Crippen LogP contribution in [-0.2, 0) is 16.0 Å². The zero-order valence-corrected chi connectivity index (χ0v) is 15.7. The molecule has 28 heavy (non-hydrogen) atoms. The van der Waals surface area contributed by atoms with E-state index in [1.807, 2.05) is 0 Å². The van der Waals surface area contributed by atoms with E-state index in [1.54, 1.807) is 12.1 Å². The summed E-state index contributed by atoms with van der Waals surface area (Å²) in [5.41, 5.74) is 0.967. The summed E-state index contributed by atoms with van der Waals surface area (Å²) in [7, 11) is -3.72. The van der Waals surface area contributed by atoms with Gasteiger partial charge in [-0.3, -0.25) is 4.98 Å². The summed E-state index contributed by atoms with van der Waals surface area (Å²) in [5.74, 6) is -0.916. The Bertz CT molecular complexity index is 1160. The van der Waals surface area contributed by atoms with E-state index in [0.29, 0.717) is 22.4 Å². The van der Waals surface area contributed by atoms with E-state index < -0.39 is 32.3 Å². The third-order valence-electron chi connectivity index (χ3n) is 4.26. The summed E-state index contributed by atoms with van der Waals surface area (Å²) in [4.78, 5) is 3.79. The number of rotatable bonds is 3. The molecular formula is C20H15F4NO2S. The van der Waals surface area contributed by atoms with Crippen molar-refractivity contribution in [3.8, 4) is 22.4 Å². The van der Waals surface area contributed by atoms with Gasteiger partial charge in [0.05, 0.1) is 11.3 Å². The summed E-state index contributed by atoms with van der Waals surface area (Å²) < 4.78 is 76.5. The molecule has 3 aromatic rings. The molecule has 0 saturated heterocycles. The van der Waals surface area contributed by atoms with Gasteiger partial charge in [-0.1, -0.05) is 24.3 Å². The maximum atomic E-state index is 14.3. The van der Waals surface area contributed by atoms with Crippen LogP contribution >= 0.6 is 0 Å². The van der Waals surface area contributed by atoms with Gasteiger partial charge in [0.2, 0.25) is 0 Å². The van der Waals surface area contributed by atoms with Crippen molar-refractivity contribution in [3.63, 3.8) is 0 Å². The molecule has 0 saturated carbocycles. The molecule has 3 nitrogen and oxygen atoms in total. The monoisotopic (exact) mass is 409 g/mol. The van der Waals surface area contributed by atoms with Gasteiger partial charge in [-0.25, -0.2) is 12.8 Å². The van der Waals surface area contributed by atoms with E-state index >= 15 is 0 Å². The lowest BCUT2D eigenvalue weighted by atomic mass is 9.96. The summed E-state index contributed by atoms with van der Waals surface area (Å²) in [5, 5.41) is 0. The van der Waals surface area contributed by atoms with Crippen LogP contribution in [0.1, 0.15) is 11.1 Å². The number of alkyl halides is 3. The standard InChI is InChI=1S/C20H15F4NO2S/c1-12-10-13(5-7-16(12)20(22,23)24)15-4-3-9-25-19(15)14-6-8-18(17(21)11-14)28(2,26)27/h3-11H,1-2H3. The molecule has 1 heterocycles. The number of aryl methyl sites for hydroxylation is 1. The minimum absolute atomic E-state index is 0.0541. The molecule has 0 atom stereocenters. The fourth-order valence-electron chi connectivity index (χ4n) is 2.97. The first-order valence-electron chi connectivity index (χ1n) is 8.11. The molecule has 0 fully saturated rings. The van der Waals surface area contributed by atoms with Crippen molar-refractivity contribution in [2.75, 3.05) is 6.26 Å². The number of halogens is 4. The van der Waals surface area contributed by atoms with Crippen molar-refractivity contribution < 1.29 is 26.0 Å². The molecule has 2 aromatic carbocycles. The highest BCUT2D eigenvalue weighted by Crippen LogP contribution is 2.36. The second kappa shape index (κ2) is 7.01. The zero-order valence-electron chi connectivity index (χ0n) is 14.9. The van der Waals surface area contributed by atoms with Crippen LogP contribution in [0.2, 0.25) is 0 Å². The number of pyridine rings is 1. The minimum Gasteiger partial charge on any atom is -0.256 e. The average molecular weight is 409 g/mol. The lowest BCUT2D eigenvalue weighted by molar-refractivity contribution is -0.138. The fraction of sp³-hybridized carbons (Fsp3) is 0.150. The van der Waals surface area contributed by atoms with E-state index in [1.165, 1.54) is 31.3 Å². The van der Waals surface area contributed by atoms with Crippen LogP contribution in [0.15, 0.2) is 59.6 Å². The Kier molecular flexibility index (Phi) is 5.01. The van der Waals surface area contributed by atoms with Crippen LogP contribution in [0.25, 0.3) is 22.4 Å². The molecular weight excluding hydrogens is 394 g/mol. The van der Waals surface area contributed by atoms with Gasteiger partial charge in [0.25, 0.3) is 0 Å². The molecule has 0 spiro atoms. The second-order valence-corrected chi connectivity index (χ2v) is 8.33. The third-order valence-corrected chi connectivity index (χ3v) is 5.39. The smallest absolute Gasteiger partial charge is 0.256 e. The SMILES string of the molecule is Cc1cc(-c2cccnc2-c2ccc(S(C)(=O)=O)c(F)c2)ccc1C(F)(F)F. The van der Waals surface area contributed by atoms with E-state index in [-0.39, 0.29) is 5.56 Å². The molecule has 0 aliphatic heterocycles. The largest absolute Gasteiger partial charge is 0.416 e. The molecule has 0 aliphatic rings. The van der Waals surface area contributed by atoms with Gasteiger partial charge < -0.3 is 0 Å². The molecule has 1 aromatic heterocycles. The van der Waals surface area contributed by atoms with Crippen LogP contribution in [0.4, 0.5) is 17.6 Å². The highest BCUT2D eigenvalue weighted by Gasteiger charge is 2.32. The van der Waals surface area contributed by atoms with Crippen LogP contribution in [0, 0.1) is 12.7 Å². The third kappa shape index (κ3) is 3.91. The van der Waals surface area contributed by atoms with Gasteiger partial charge in [0.1, 0.15) is 10.7 Å². The Morgan fingerprint density at radius 3 is 2.21 bits per heavy atom. The molecule has 0 radical (unpaired) electrons. The molecule has 0 bridgehead atoms. The summed E-state index contributed by atoms with van der Waals surface area (Å²) in [6.45, 7) is 1.36. The highest BCUT2D eigenvalue weighted by molar-refractivity contribution is 7.90. The first kappa shape index (κ1) is 20.0. The molecule has 8 heteroatoms. The Hall–Kier alpha value is -2.74. The average Bonchev–Trinajstić information content (AvgIpc) is 2.59. The fourth-order valence-corrected chi connectivity index (χ4v) is 3.69. The molecule has 0 aliphatic carbocycles. The molecule has 0 amide bonds. The quantitative estimate of drug-likeness (QED) is 0.553. The summed E-state index contributed by atoms with van der Waals surface area (Å²) in [6, 6.07) is 10.6. The Balaban J connectivity index is 2.13. The zero-order chi connectivity index (χ0) is 20.7. The first-order valence-corrected chi connectivity index (χ1v) is 10.0. The number of hydrogen-bond donors (Lipinski definition) is 0. The first-order chi connectivity index (χ1) is 13.0. The van der Waals surface area contributed by atoms with Gasteiger partial charge in [-0.05, 0) is 42.3 Å². The van der Waals surface area contributed by atoms with Crippen molar-refractivity contribution in [1.29, 1.82) is 0 Å². The van der Waals surface area contributed by atoms with Crippen molar-refractivity contribution in [2.45, 2.75) is 18.0 Å². The molecule has 3 rings (SSSR count). The van der Waals surface area contributed by atoms with Crippen LogP contribution < -0.4 is 0 Å². The van der Waals surface area contributed by atoms with E-state index in [2.05, 4.69) is 4.98 Å². The Morgan fingerprint density at radius 1 is 0.964 bits per heavy atom. The lowest BCUT2D eigenvalue weighted by Gasteiger charge is -2.14. The van der Waals surface area contributed by atoms with E-state index in [9.17, 15) is 26.0 Å². The van der Waals surface area contributed by atoms with Gasteiger partial charge in [-0.2, -0.15) is 13.2 Å². The number of benzene rings is 2. The maximum Gasteiger partial charge on any atom is 0.416 e. The van der Waals surface area contributed by atoms with Crippen molar-refractivity contribution in [1.82, 2.24) is 4.98 Å². The van der Waals surface area contributed by atoms with Crippen molar-refractivity contribution >= 4 is 9.84 Å². The molecule has 146 valence electrons. The summed E-state index contributed by atoms with van der Waals surface area (Å²) >= 11 is 0. The van der Waals surface area contributed by atoms with Crippen LogP contribution in [0.3, 0.4) is 0 Å². The van der Waals surface area contributed by atoms with Gasteiger partial charge in [0.15, 0.2) is 9.84 Å². The summed E-state index contributed by atoms with van der Waals surface area (Å²) in [6.07, 6.45) is -2.08. The number of hydrogen-bond acceptors (Lipinski definition) is 3. The Morgan fingerprint density at radius 2 is 1.64 bits per heavy atom. The minimum atomic E-state index is -4.45. The normalized spacial score (nSPS) is 12.2. The second-order valence-electron chi connectivity index (χ2n) is 6.34.